The van der Waals surface area contributed by atoms with Gasteiger partial charge in [-0.25, -0.2) is 0 Å². The van der Waals surface area contributed by atoms with Gasteiger partial charge in [0.05, 0.1) is 5.69 Å². The van der Waals surface area contributed by atoms with Gasteiger partial charge in [-0.15, -0.1) is 0 Å². The van der Waals surface area contributed by atoms with Crippen molar-refractivity contribution in [2.45, 2.75) is 0 Å². The molecule has 1 aromatic rings. The quantitative estimate of drug-likeness (QED) is 0.476. The lowest BCUT2D eigenvalue weighted by atomic mass is 10.4. The van der Waals surface area contributed by atoms with Gasteiger partial charge < -0.3 is 10.9 Å². The van der Waals surface area contributed by atoms with Crippen LogP contribution in [0.5, 0.6) is 0 Å². The number of rotatable bonds is 0. The summed E-state index contributed by atoms with van der Waals surface area (Å²) in [7, 11) is 0. The second kappa shape index (κ2) is 2.52. The van der Waals surface area contributed by atoms with Crippen molar-refractivity contribution < 1.29 is 4.73 Å². The normalized spacial score (nSPS) is 9.80. The molecule has 0 unspecified atom stereocenters. The van der Waals surface area contributed by atoms with Gasteiger partial charge in [-0.2, -0.15) is 4.73 Å². The number of anilines is 1. The van der Waals surface area contributed by atoms with Gasteiger partial charge in [0.1, 0.15) is 10.0 Å². The zero-order chi connectivity index (χ0) is 7.72. The predicted octanol–water partition coefficient (Wildman–Crippen LogP) is 1.01. The van der Waals surface area contributed by atoms with Crippen LogP contribution in [0, 0.1) is 11.4 Å². The zero-order valence-electron chi connectivity index (χ0n) is 4.77. The number of hydrogen-bond donors (Lipinski definition) is 1. The molecule has 0 atom stereocenters. The van der Waals surface area contributed by atoms with E-state index in [1.54, 1.807) is 0 Å². The Morgan fingerprint density at radius 3 is 2.70 bits per heavy atom. The van der Waals surface area contributed by atoms with E-state index in [1.165, 1.54) is 0 Å². The molecule has 0 fully saturated rings. The summed E-state index contributed by atoms with van der Waals surface area (Å²) in [6, 6.07) is 0. The molecule has 0 spiro atoms. The Morgan fingerprint density at radius 2 is 2.20 bits per heavy atom. The van der Waals surface area contributed by atoms with E-state index in [0.717, 1.165) is 6.20 Å². The smallest absolute Gasteiger partial charge is 0.312 e. The van der Waals surface area contributed by atoms with Crippen molar-refractivity contribution in [1.29, 1.82) is 0 Å². The average Bonchev–Trinajstić information content (AvgIpc) is 1.82. The van der Waals surface area contributed by atoms with E-state index in [-0.39, 0.29) is 15.7 Å². The fraction of sp³-hybridized carbons (Fsp3) is 0. The van der Waals surface area contributed by atoms with Crippen LogP contribution in [-0.2, 0) is 0 Å². The third-order valence-corrected chi connectivity index (χ3v) is 1.52. The highest BCUT2D eigenvalue weighted by Gasteiger charge is 2.07. The second-order valence-electron chi connectivity index (χ2n) is 1.64. The summed E-state index contributed by atoms with van der Waals surface area (Å²) >= 11 is 10.9. The van der Waals surface area contributed by atoms with E-state index in [1.807, 2.05) is 0 Å². The third-order valence-electron chi connectivity index (χ3n) is 0.933. The molecule has 1 rings (SSSR count). The number of nitrogen functional groups attached to an aromatic ring is 1. The number of nitrogens with zero attached hydrogens (tertiary/aromatic N) is 1. The molecule has 0 aliphatic heterocycles. The standard InChI is InChI=1S/C5H3Cl2N2O/c6-3-1-9(10)2-4(7)5(3)8/h1H,8H2. The Labute approximate surface area is 67.6 Å². The first-order chi connectivity index (χ1) is 4.61. The molecule has 10 heavy (non-hydrogen) atoms. The Hall–Kier alpha value is -0.670. The molecule has 0 aliphatic rings. The Kier molecular flexibility index (Phi) is 1.87. The fourth-order valence-electron chi connectivity index (χ4n) is 0.467. The Balaban J connectivity index is 3.31. The summed E-state index contributed by atoms with van der Waals surface area (Å²) in [6.45, 7) is 0. The molecule has 0 aromatic carbocycles. The number of nitrogens with two attached hydrogens (primary N) is 1. The van der Waals surface area contributed by atoms with E-state index < -0.39 is 0 Å². The lowest BCUT2D eigenvalue weighted by Gasteiger charge is -1.98. The van der Waals surface area contributed by atoms with E-state index in [2.05, 4.69) is 6.20 Å². The molecule has 0 amide bonds. The van der Waals surface area contributed by atoms with Gasteiger partial charge in [0.25, 0.3) is 0 Å². The molecule has 0 aliphatic carbocycles. The Morgan fingerprint density at radius 1 is 1.60 bits per heavy atom. The van der Waals surface area contributed by atoms with Crippen molar-refractivity contribution in [2.24, 2.45) is 0 Å². The topological polar surface area (TPSA) is 53.0 Å². The molecular weight excluding hydrogens is 175 g/mol. The van der Waals surface area contributed by atoms with Crippen molar-refractivity contribution in [3.05, 3.63) is 27.6 Å². The van der Waals surface area contributed by atoms with Crippen LogP contribution in [0.3, 0.4) is 0 Å². The van der Waals surface area contributed by atoms with Gasteiger partial charge in [-0.1, -0.05) is 23.2 Å². The first kappa shape index (κ1) is 7.44. The summed E-state index contributed by atoms with van der Waals surface area (Å²) in [4.78, 5) is 0. The van der Waals surface area contributed by atoms with Gasteiger partial charge in [-0.05, 0) is 0 Å². The van der Waals surface area contributed by atoms with Gasteiger partial charge >= 0.3 is 6.20 Å². The lowest BCUT2D eigenvalue weighted by Crippen LogP contribution is -2.25. The molecule has 5 heteroatoms. The van der Waals surface area contributed by atoms with Crippen LogP contribution in [0.15, 0.2) is 6.20 Å². The number of halogens is 2. The minimum Gasteiger partial charge on any atom is -0.618 e. The lowest BCUT2D eigenvalue weighted by molar-refractivity contribution is -0.609. The van der Waals surface area contributed by atoms with E-state index in [0.29, 0.717) is 4.73 Å². The first-order valence-corrected chi connectivity index (χ1v) is 3.13. The fourth-order valence-corrected chi connectivity index (χ4v) is 0.883. The van der Waals surface area contributed by atoms with Crippen molar-refractivity contribution in [3.8, 4) is 0 Å². The molecule has 0 saturated heterocycles. The Bertz CT molecular complexity index is 241. The second-order valence-corrected chi connectivity index (χ2v) is 2.43. The third kappa shape index (κ3) is 1.25. The molecule has 1 radical (unpaired) electrons. The highest BCUT2D eigenvalue weighted by atomic mass is 35.5. The number of hydrogen-bond acceptors (Lipinski definition) is 2. The van der Waals surface area contributed by atoms with Gasteiger partial charge in [0, 0.05) is 0 Å². The van der Waals surface area contributed by atoms with E-state index >= 15 is 0 Å². The first-order valence-electron chi connectivity index (χ1n) is 2.37. The SMILES string of the molecule is Nc1c(Cl)[c][n+]([O-])cc1Cl. The maximum absolute atomic E-state index is 10.5. The number of pyridine rings is 1. The van der Waals surface area contributed by atoms with E-state index in [4.69, 9.17) is 28.9 Å². The van der Waals surface area contributed by atoms with Crippen LogP contribution in [0.2, 0.25) is 10.0 Å². The summed E-state index contributed by atoms with van der Waals surface area (Å²) in [5.74, 6) is 0. The van der Waals surface area contributed by atoms with E-state index in [9.17, 15) is 5.21 Å². The summed E-state index contributed by atoms with van der Waals surface area (Å²) in [6.07, 6.45) is 3.28. The maximum Gasteiger partial charge on any atom is 0.312 e. The summed E-state index contributed by atoms with van der Waals surface area (Å²) < 4.78 is 0.376. The van der Waals surface area contributed by atoms with Crippen LogP contribution in [0.1, 0.15) is 0 Å². The molecule has 53 valence electrons. The van der Waals surface area contributed by atoms with Crippen LogP contribution in [0.4, 0.5) is 5.69 Å². The van der Waals surface area contributed by atoms with Gasteiger partial charge in [0.2, 0.25) is 6.20 Å². The van der Waals surface area contributed by atoms with Crippen molar-refractivity contribution >= 4 is 28.9 Å². The largest absolute Gasteiger partial charge is 0.618 e. The maximum atomic E-state index is 10.5. The zero-order valence-corrected chi connectivity index (χ0v) is 6.28. The molecule has 1 heterocycles. The minimum absolute atomic E-state index is 0.0440. The van der Waals surface area contributed by atoms with Gasteiger partial charge in [0.15, 0.2) is 0 Å². The molecule has 2 N–H and O–H groups in total. The van der Waals surface area contributed by atoms with Crippen LogP contribution >= 0.6 is 23.2 Å². The van der Waals surface area contributed by atoms with Crippen molar-refractivity contribution in [3.63, 3.8) is 0 Å². The highest BCUT2D eigenvalue weighted by molar-refractivity contribution is 6.38. The molecule has 1 aromatic heterocycles. The number of aromatic nitrogens is 1. The monoisotopic (exact) mass is 177 g/mol. The van der Waals surface area contributed by atoms with Crippen LogP contribution < -0.4 is 10.5 Å². The molecule has 3 nitrogen and oxygen atoms in total. The average molecular weight is 178 g/mol. The summed E-state index contributed by atoms with van der Waals surface area (Å²) in [5.41, 5.74) is 5.48. The van der Waals surface area contributed by atoms with Crippen molar-refractivity contribution in [2.75, 3.05) is 5.73 Å². The summed E-state index contributed by atoms with van der Waals surface area (Å²) in [5, 5.41) is 10.7. The molecule has 0 saturated carbocycles. The minimum atomic E-state index is 0.0440. The van der Waals surface area contributed by atoms with Crippen molar-refractivity contribution in [1.82, 2.24) is 0 Å². The molecule has 0 bridgehead atoms. The highest BCUT2D eigenvalue weighted by Crippen LogP contribution is 2.23. The van der Waals surface area contributed by atoms with Crippen LogP contribution in [0.25, 0.3) is 0 Å². The predicted molar refractivity (Wildman–Crippen MR) is 38.7 cm³/mol. The van der Waals surface area contributed by atoms with Crippen LogP contribution in [-0.4, -0.2) is 0 Å². The molecular formula is C5H3Cl2N2O. The van der Waals surface area contributed by atoms with Gasteiger partial charge in [-0.3, -0.25) is 0 Å².